The van der Waals surface area contributed by atoms with Crippen LogP contribution in [0, 0.1) is 6.92 Å². The van der Waals surface area contributed by atoms with Crippen molar-refractivity contribution in [1.29, 1.82) is 0 Å². The smallest absolute Gasteiger partial charge is 0.246 e. The van der Waals surface area contributed by atoms with Gasteiger partial charge in [-0.2, -0.15) is 0 Å². The van der Waals surface area contributed by atoms with E-state index in [1.807, 2.05) is 23.1 Å². The van der Waals surface area contributed by atoms with Crippen molar-refractivity contribution in [2.45, 2.75) is 19.9 Å². The summed E-state index contributed by atoms with van der Waals surface area (Å²) in [5.74, 6) is 0.100. The zero-order chi connectivity index (χ0) is 13.9. The predicted octanol–water partition coefficient (Wildman–Crippen LogP) is 3.65. The molecule has 1 aliphatic rings. The van der Waals surface area contributed by atoms with Crippen molar-refractivity contribution in [2.75, 3.05) is 6.54 Å². The first-order chi connectivity index (χ1) is 9.72. The molecule has 20 heavy (non-hydrogen) atoms. The van der Waals surface area contributed by atoms with Gasteiger partial charge >= 0.3 is 0 Å². The molecule has 2 heterocycles. The molecule has 2 aromatic rings. The molecule has 1 aliphatic heterocycles. The van der Waals surface area contributed by atoms with Gasteiger partial charge in [-0.1, -0.05) is 29.8 Å². The van der Waals surface area contributed by atoms with Crippen LogP contribution in [0.5, 0.6) is 0 Å². The lowest BCUT2D eigenvalue weighted by molar-refractivity contribution is -0.126. The molecule has 3 rings (SSSR count). The van der Waals surface area contributed by atoms with Gasteiger partial charge in [-0.15, -0.1) is 11.3 Å². The second-order valence-corrected chi connectivity index (χ2v) is 6.13. The highest BCUT2D eigenvalue weighted by Gasteiger charge is 2.19. The molecule has 0 saturated heterocycles. The minimum absolute atomic E-state index is 0.100. The van der Waals surface area contributed by atoms with E-state index in [4.69, 9.17) is 0 Å². The van der Waals surface area contributed by atoms with E-state index in [1.54, 1.807) is 17.4 Å². The highest BCUT2D eigenvalue weighted by atomic mass is 32.1. The first kappa shape index (κ1) is 13.1. The predicted molar refractivity (Wildman–Crippen MR) is 83.7 cm³/mol. The van der Waals surface area contributed by atoms with Gasteiger partial charge in [0, 0.05) is 24.0 Å². The van der Waals surface area contributed by atoms with E-state index >= 15 is 0 Å². The summed E-state index contributed by atoms with van der Waals surface area (Å²) in [6, 6.07) is 10.3. The minimum atomic E-state index is 0.100. The van der Waals surface area contributed by atoms with E-state index in [0.29, 0.717) is 0 Å². The molecule has 3 heteroatoms. The molecule has 0 saturated carbocycles. The number of carbonyl (C=O) groups is 1. The zero-order valence-corrected chi connectivity index (χ0v) is 12.3. The fourth-order valence-electron chi connectivity index (χ4n) is 2.48. The Kier molecular flexibility index (Phi) is 3.70. The summed E-state index contributed by atoms with van der Waals surface area (Å²) in [6.45, 7) is 3.63. The van der Waals surface area contributed by atoms with Crippen molar-refractivity contribution in [1.82, 2.24) is 4.90 Å². The van der Waals surface area contributed by atoms with Crippen LogP contribution in [-0.4, -0.2) is 17.4 Å². The lowest BCUT2D eigenvalue weighted by Gasteiger charge is -2.25. The molecule has 0 aliphatic carbocycles. The van der Waals surface area contributed by atoms with Crippen LogP contribution in [0.2, 0.25) is 0 Å². The van der Waals surface area contributed by atoms with E-state index in [2.05, 4.69) is 30.5 Å². The van der Waals surface area contributed by atoms with Gasteiger partial charge in [-0.3, -0.25) is 4.79 Å². The van der Waals surface area contributed by atoms with Gasteiger partial charge in [0.25, 0.3) is 0 Å². The molecule has 0 spiro atoms. The van der Waals surface area contributed by atoms with Gasteiger partial charge in [-0.05, 0) is 42.0 Å². The number of fused-ring (bicyclic) bond motifs is 1. The van der Waals surface area contributed by atoms with Crippen LogP contribution in [0.25, 0.3) is 6.08 Å². The van der Waals surface area contributed by atoms with E-state index in [1.165, 1.54) is 16.0 Å². The standard InChI is InChI=1S/C17H17NOS/c1-13-3-2-4-14(11-13)5-6-17(19)18-9-7-16-15(12-18)8-10-20-16/h2-6,8,10-11H,7,9,12H2,1H3/b6-5+. The molecule has 0 N–H and O–H groups in total. The maximum absolute atomic E-state index is 12.2. The van der Waals surface area contributed by atoms with E-state index in [9.17, 15) is 4.79 Å². The first-order valence-corrected chi connectivity index (χ1v) is 7.69. The SMILES string of the molecule is Cc1cccc(/C=C/C(=O)N2CCc3sccc3C2)c1. The number of carbonyl (C=O) groups excluding carboxylic acids is 1. The Morgan fingerprint density at radius 3 is 3.10 bits per heavy atom. The number of rotatable bonds is 2. The van der Waals surface area contributed by atoms with Crippen molar-refractivity contribution < 1.29 is 4.79 Å². The Hall–Kier alpha value is -1.87. The molecule has 0 bridgehead atoms. The fourth-order valence-corrected chi connectivity index (χ4v) is 3.37. The lowest BCUT2D eigenvalue weighted by atomic mass is 10.1. The summed E-state index contributed by atoms with van der Waals surface area (Å²) in [5, 5.41) is 2.11. The molecule has 0 radical (unpaired) electrons. The van der Waals surface area contributed by atoms with Crippen molar-refractivity contribution in [3.8, 4) is 0 Å². The highest BCUT2D eigenvalue weighted by molar-refractivity contribution is 7.10. The van der Waals surface area contributed by atoms with Gasteiger partial charge < -0.3 is 4.90 Å². The molecular formula is C17H17NOS. The van der Waals surface area contributed by atoms with Crippen LogP contribution >= 0.6 is 11.3 Å². The minimum Gasteiger partial charge on any atom is -0.334 e. The third kappa shape index (κ3) is 2.83. The molecule has 0 atom stereocenters. The fraction of sp³-hybridized carbons (Fsp3) is 0.235. The second-order valence-electron chi connectivity index (χ2n) is 5.13. The molecule has 102 valence electrons. The quantitative estimate of drug-likeness (QED) is 0.770. The third-order valence-corrected chi connectivity index (χ3v) is 4.60. The van der Waals surface area contributed by atoms with Gasteiger partial charge in [0.15, 0.2) is 0 Å². The topological polar surface area (TPSA) is 20.3 Å². The summed E-state index contributed by atoms with van der Waals surface area (Å²) >= 11 is 1.79. The average Bonchev–Trinajstić information content (AvgIpc) is 2.92. The van der Waals surface area contributed by atoms with Crippen LogP contribution in [-0.2, 0) is 17.8 Å². The summed E-state index contributed by atoms with van der Waals surface area (Å²) in [6.07, 6.45) is 4.57. The molecular weight excluding hydrogens is 266 g/mol. The number of thiophene rings is 1. The highest BCUT2D eigenvalue weighted by Crippen LogP contribution is 2.24. The van der Waals surface area contributed by atoms with Crippen LogP contribution in [0.15, 0.2) is 41.8 Å². The number of nitrogens with zero attached hydrogens (tertiary/aromatic N) is 1. The van der Waals surface area contributed by atoms with Crippen LogP contribution < -0.4 is 0 Å². The van der Waals surface area contributed by atoms with E-state index < -0.39 is 0 Å². The summed E-state index contributed by atoms with van der Waals surface area (Å²) < 4.78 is 0. The summed E-state index contributed by atoms with van der Waals surface area (Å²) in [7, 11) is 0. The zero-order valence-electron chi connectivity index (χ0n) is 11.5. The van der Waals surface area contributed by atoms with Gasteiger partial charge in [0.1, 0.15) is 0 Å². The van der Waals surface area contributed by atoms with Gasteiger partial charge in [0.2, 0.25) is 5.91 Å². The van der Waals surface area contributed by atoms with Crippen LogP contribution in [0.4, 0.5) is 0 Å². The van der Waals surface area contributed by atoms with Crippen molar-refractivity contribution in [2.24, 2.45) is 0 Å². The maximum Gasteiger partial charge on any atom is 0.246 e. The Balaban J connectivity index is 1.68. The third-order valence-electron chi connectivity index (χ3n) is 3.58. The van der Waals surface area contributed by atoms with Crippen LogP contribution in [0.3, 0.4) is 0 Å². The van der Waals surface area contributed by atoms with Crippen molar-refractivity contribution in [3.63, 3.8) is 0 Å². The Labute approximate surface area is 123 Å². The largest absolute Gasteiger partial charge is 0.334 e. The Morgan fingerprint density at radius 2 is 2.25 bits per heavy atom. The van der Waals surface area contributed by atoms with E-state index in [-0.39, 0.29) is 5.91 Å². The maximum atomic E-state index is 12.2. The monoisotopic (exact) mass is 283 g/mol. The number of hydrogen-bond acceptors (Lipinski definition) is 2. The number of amides is 1. The Morgan fingerprint density at radius 1 is 1.35 bits per heavy atom. The molecule has 1 amide bonds. The molecule has 2 nitrogen and oxygen atoms in total. The number of benzene rings is 1. The molecule has 1 aromatic heterocycles. The van der Waals surface area contributed by atoms with Crippen molar-refractivity contribution in [3.05, 3.63) is 63.4 Å². The first-order valence-electron chi connectivity index (χ1n) is 6.81. The number of aryl methyl sites for hydroxylation is 1. The molecule has 1 aromatic carbocycles. The number of hydrogen-bond donors (Lipinski definition) is 0. The van der Waals surface area contributed by atoms with Gasteiger partial charge in [0.05, 0.1) is 0 Å². The second kappa shape index (κ2) is 5.63. The summed E-state index contributed by atoms with van der Waals surface area (Å²) in [5.41, 5.74) is 3.59. The van der Waals surface area contributed by atoms with Crippen LogP contribution in [0.1, 0.15) is 21.6 Å². The molecule has 0 fully saturated rings. The normalized spacial score (nSPS) is 14.6. The Bertz CT molecular complexity index is 657. The van der Waals surface area contributed by atoms with E-state index in [0.717, 1.165) is 25.1 Å². The lowest BCUT2D eigenvalue weighted by Crippen LogP contribution is -2.34. The summed E-state index contributed by atoms with van der Waals surface area (Å²) in [4.78, 5) is 15.6. The molecule has 0 unspecified atom stereocenters. The van der Waals surface area contributed by atoms with Crippen molar-refractivity contribution >= 4 is 23.3 Å². The average molecular weight is 283 g/mol. The van der Waals surface area contributed by atoms with Gasteiger partial charge in [-0.25, -0.2) is 0 Å².